The highest BCUT2D eigenvalue weighted by atomic mass is 16.3. The van der Waals surface area contributed by atoms with Crippen LogP contribution in [0.1, 0.15) is 11.1 Å². The van der Waals surface area contributed by atoms with Gasteiger partial charge in [-0.25, -0.2) is 0 Å². The number of hydrogen-bond donors (Lipinski definition) is 2. The van der Waals surface area contributed by atoms with Crippen LogP contribution in [0.4, 0.5) is 5.69 Å². The third kappa shape index (κ3) is 2.56. The Bertz CT molecular complexity index is 837. The van der Waals surface area contributed by atoms with Crippen molar-refractivity contribution in [2.24, 2.45) is 0 Å². The Morgan fingerprint density at radius 1 is 0.773 bits per heavy atom. The molecule has 0 saturated carbocycles. The van der Waals surface area contributed by atoms with E-state index >= 15 is 0 Å². The lowest BCUT2D eigenvalue weighted by atomic mass is 9.95. The Morgan fingerprint density at radius 2 is 1.41 bits per heavy atom. The Morgan fingerprint density at radius 3 is 2.05 bits per heavy atom. The van der Waals surface area contributed by atoms with E-state index in [1.54, 1.807) is 0 Å². The molecular formula is C20H19NO. The lowest BCUT2D eigenvalue weighted by molar-refractivity contribution is 0.479. The first-order chi connectivity index (χ1) is 10.6. The van der Waals surface area contributed by atoms with Crippen molar-refractivity contribution in [3.05, 3.63) is 71.8 Å². The minimum atomic E-state index is 0.303. The zero-order chi connectivity index (χ0) is 15.7. The fourth-order valence-electron chi connectivity index (χ4n) is 2.67. The number of phenols is 1. The van der Waals surface area contributed by atoms with Crippen LogP contribution in [0.25, 0.3) is 22.3 Å². The fourth-order valence-corrected chi connectivity index (χ4v) is 2.67. The largest absolute Gasteiger partial charge is 0.507 e. The van der Waals surface area contributed by atoms with Crippen molar-refractivity contribution in [3.63, 3.8) is 0 Å². The van der Waals surface area contributed by atoms with Crippen molar-refractivity contribution in [3.8, 4) is 28.0 Å². The molecule has 0 aliphatic carbocycles. The van der Waals surface area contributed by atoms with E-state index < -0.39 is 0 Å². The second kappa shape index (κ2) is 5.57. The zero-order valence-corrected chi connectivity index (χ0v) is 12.8. The minimum Gasteiger partial charge on any atom is -0.507 e. The predicted molar refractivity (Wildman–Crippen MR) is 92.9 cm³/mol. The summed E-state index contributed by atoms with van der Waals surface area (Å²) in [6.07, 6.45) is 0. The minimum absolute atomic E-state index is 0.303. The molecule has 0 saturated heterocycles. The smallest absolute Gasteiger partial charge is 0.131 e. The zero-order valence-electron chi connectivity index (χ0n) is 12.8. The number of aromatic hydroxyl groups is 1. The highest BCUT2D eigenvalue weighted by molar-refractivity contribution is 5.82. The molecule has 0 aliphatic rings. The molecule has 0 spiro atoms. The number of nitrogens with two attached hydrogens (primary N) is 1. The maximum atomic E-state index is 10.7. The van der Waals surface area contributed by atoms with Crippen molar-refractivity contribution in [2.75, 3.05) is 5.73 Å². The molecule has 3 aromatic rings. The van der Waals surface area contributed by atoms with Gasteiger partial charge >= 0.3 is 0 Å². The number of para-hydroxylation sites is 1. The SMILES string of the molecule is Cc1cccc(-c2cccc(-c3ccc(N)c(C)c3)c2O)c1. The Labute approximate surface area is 130 Å². The standard InChI is InChI=1S/C20H19NO/c1-13-5-3-6-15(11-13)17-7-4-8-18(20(17)22)16-9-10-19(21)14(2)12-16/h3-12,22H,21H2,1-2H3. The molecule has 0 aliphatic heterocycles. The Balaban J connectivity index is 2.15. The molecule has 0 unspecified atom stereocenters. The van der Waals surface area contributed by atoms with Crippen molar-refractivity contribution in [1.29, 1.82) is 0 Å². The monoisotopic (exact) mass is 289 g/mol. The molecule has 3 rings (SSSR count). The molecule has 0 bridgehead atoms. The molecule has 0 amide bonds. The topological polar surface area (TPSA) is 46.2 Å². The molecule has 0 radical (unpaired) electrons. The number of hydrogen-bond acceptors (Lipinski definition) is 2. The van der Waals surface area contributed by atoms with Crippen LogP contribution in [0, 0.1) is 13.8 Å². The van der Waals surface area contributed by atoms with Gasteiger partial charge in [0, 0.05) is 16.8 Å². The van der Waals surface area contributed by atoms with Gasteiger partial charge in [0.25, 0.3) is 0 Å². The Kier molecular flexibility index (Phi) is 3.60. The van der Waals surface area contributed by atoms with Gasteiger partial charge in [-0.3, -0.25) is 0 Å². The first kappa shape index (κ1) is 14.2. The van der Waals surface area contributed by atoms with E-state index in [0.29, 0.717) is 5.75 Å². The van der Waals surface area contributed by atoms with Crippen molar-refractivity contribution in [2.45, 2.75) is 13.8 Å². The van der Waals surface area contributed by atoms with E-state index in [2.05, 4.69) is 6.07 Å². The first-order valence-electron chi connectivity index (χ1n) is 7.32. The van der Waals surface area contributed by atoms with E-state index in [1.807, 2.05) is 68.4 Å². The number of phenolic OH excluding ortho intramolecular Hbond substituents is 1. The molecule has 110 valence electrons. The van der Waals surface area contributed by atoms with Gasteiger partial charge in [0.2, 0.25) is 0 Å². The number of aryl methyl sites for hydroxylation is 2. The summed E-state index contributed by atoms with van der Waals surface area (Å²) in [6.45, 7) is 4.02. The van der Waals surface area contributed by atoms with Crippen LogP contribution in [0.15, 0.2) is 60.7 Å². The summed E-state index contributed by atoms with van der Waals surface area (Å²) in [5, 5.41) is 10.7. The normalized spacial score (nSPS) is 10.6. The van der Waals surface area contributed by atoms with Gasteiger partial charge in [-0.2, -0.15) is 0 Å². The van der Waals surface area contributed by atoms with Crippen LogP contribution in [0.3, 0.4) is 0 Å². The summed E-state index contributed by atoms with van der Waals surface area (Å²) in [5.41, 5.74) is 12.5. The van der Waals surface area contributed by atoms with Crippen LogP contribution in [-0.2, 0) is 0 Å². The summed E-state index contributed by atoms with van der Waals surface area (Å²) >= 11 is 0. The molecule has 2 nitrogen and oxygen atoms in total. The average Bonchev–Trinajstić information content (AvgIpc) is 2.50. The van der Waals surface area contributed by atoms with Crippen LogP contribution in [0.5, 0.6) is 5.75 Å². The summed E-state index contributed by atoms with van der Waals surface area (Å²) in [7, 11) is 0. The second-order valence-corrected chi connectivity index (χ2v) is 5.64. The molecule has 0 atom stereocenters. The third-order valence-electron chi connectivity index (χ3n) is 3.95. The second-order valence-electron chi connectivity index (χ2n) is 5.64. The molecule has 3 N–H and O–H groups in total. The van der Waals surface area contributed by atoms with Crippen LogP contribution in [-0.4, -0.2) is 5.11 Å². The molecule has 0 heterocycles. The lowest BCUT2D eigenvalue weighted by Crippen LogP contribution is -1.90. The van der Waals surface area contributed by atoms with Crippen molar-refractivity contribution < 1.29 is 5.11 Å². The van der Waals surface area contributed by atoms with Crippen molar-refractivity contribution in [1.82, 2.24) is 0 Å². The van der Waals surface area contributed by atoms with Gasteiger partial charge in [0.1, 0.15) is 5.75 Å². The molecule has 0 fully saturated rings. The lowest BCUT2D eigenvalue weighted by Gasteiger charge is -2.12. The van der Waals surface area contributed by atoms with Crippen LogP contribution < -0.4 is 5.73 Å². The number of rotatable bonds is 2. The van der Waals surface area contributed by atoms with Gasteiger partial charge in [0.05, 0.1) is 0 Å². The van der Waals surface area contributed by atoms with E-state index in [4.69, 9.17) is 5.73 Å². The number of anilines is 1. The predicted octanol–water partition coefficient (Wildman–Crippen LogP) is 4.93. The maximum absolute atomic E-state index is 10.7. The molecule has 0 aromatic heterocycles. The number of benzene rings is 3. The Hall–Kier alpha value is -2.74. The summed E-state index contributed by atoms with van der Waals surface area (Å²) in [6, 6.07) is 19.8. The highest BCUT2D eigenvalue weighted by Crippen LogP contribution is 2.38. The van der Waals surface area contributed by atoms with Crippen LogP contribution in [0.2, 0.25) is 0 Å². The van der Waals surface area contributed by atoms with E-state index in [9.17, 15) is 5.11 Å². The van der Waals surface area contributed by atoms with Crippen molar-refractivity contribution >= 4 is 5.69 Å². The molecule has 2 heteroatoms. The van der Waals surface area contributed by atoms with Gasteiger partial charge in [-0.05, 0) is 42.7 Å². The summed E-state index contributed by atoms with van der Waals surface area (Å²) < 4.78 is 0. The first-order valence-corrected chi connectivity index (χ1v) is 7.32. The maximum Gasteiger partial charge on any atom is 0.131 e. The summed E-state index contributed by atoms with van der Waals surface area (Å²) in [4.78, 5) is 0. The van der Waals surface area contributed by atoms with Gasteiger partial charge in [-0.15, -0.1) is 0 Å². The van der Waals surface area contributed by atoms with Crippen LogP contribution >= 0.6 is 0 Å². The molecular weight excluding hydrogens is 270 g/mol. The third-order valence-corrected chi connectivity index (χ3v) is 3.95. The summed E-state index contributed by atoms with van der Waals surface area (Å²) in [5.74, 6) is 0.303. The highest BCUT2D eigenvalue weighted by Gasteiger charge is 2.11. The molecule has 22 heavy (non-hydrogen) atoms. The van der Waals surface area contributed by atoms with E-state index in [-0.39, 0.29) is 0 Å². The van der Waals surface area contributed by atoms with Gasteiger partial charge in [0.15, 0.2) is 0 Å². The van der Waals surface area contributed by atoms with E-state index in [0.717, 1.165) is 33.5 Å². The quantitative estimate of drug-likeness (QED) is 0.657. The van der Waals surface area contributed by atoms with E-state index in [1.165, 1.54) is 5.56 Å². The number of nitrogen functional groups attached to an aromatic ring is 1. The fraction of sp³-hybridized carbons (Fsp3) is 0.100. The van der Waals surface area contributed by atoms with Gasteiger partial charge < -0.3 is 10.8 Å². The van der Waals surface area contributed by atoms with Gasteiger partial charge in [-0.1, -0.05) is 54.1 Å². The average molecular weight is 289 g/mol. The molecule has 3 aromatic carbocycles.